The zero-order chi connectivity index (χ0) is 25.7. The Hall–Kier alpha value is -4.00. The van der Waals surface area contributed by atoms with Crippen molar-refractivity contribution in [3.63, 3.8) is 0 Å². The first kappa shape index (κ1) is 25.1. The lowest BCUT2D eigenvalue weighted by molar-refractivity contribution is -0.174. The summed E-state index contributed by atoms with van der Waals surface area (Å²) in [6.45, 7) is 0.364. The molecule has 7 nitrogen and oxygen atoms in total. The van der Waals surface area contributed by atoms with E-state index in [2.05, 4.69) is 26.5 Å². The SMILES string of the molecule is C#Cc1cccc(Nc2ncnc3cc(OC)c(OCC4CCC(NC(=O)C(F)(F)F)CC4)cc23)c1. The molecule has 2 aromatic carbocycles. The summed E-state index contributed by atoms with van der Waals surface area (Å²) in [5.74, 6) is 2.44. The highest BCUT2D eigenvalue weighted by Crippen LogP contribution is 2.36. The third kappa shape index (κ3) is 5.97. The molecule has 1 fully saturated rings. The number of terminal acetylenes is 1. The number of rotatable bonds is 7. The van der Waals surface area contributed by atoms with Gasteiger partial charge in [-0.3, -0.25) is 4.79 Å². The highest BCUT2D eigenvalue weighted by molar-refractivity contribution is 5.93. The maximum Gasteiger partial charge on any atom is 0.471 e. The number of hydrogen-bond acceptors (Lipinski definition) is 6. The van der Waals surface area contributed by atoms with Crippen LogP contribution in [0.5, 0.6) is 11.5 Å². The van der Waals surface area contributed by atoms with Gasteiger partial charge < -0.3 is 20.1 Å². The van der Waals surface area contributed by atoms with E-state index in [1.165, 1.54) is 13.4 Å². The minimum atomic E-state index is -4.87. The number of carbonyl (C=O) groups excluding carboxylic acids is 1. The van der Waals surface area contributed by atoms with Gasteiger partial charge in [0, 0.05) is 28.7 Å². The average Bonchev–Trinajstić information content (AvgIpc) is 2.87. The van der Waals surface area contributed by atoms with Crippen molar-refractivity contribution in [2.75, 3.05) is 19.0 Å². The standard InChI is InChI=1S/C26H25F3N4O3/c1-3-16-5-4-6-19(11-16)32-24-20-12-23(22(35-2)13-21(20)30-15-31-24)36-14-17-7-9-18(10-8-17)33-25(34)26(27,28)29/h1,4-6,11-13,15,17-18H,7-10,14H2,2H3,(H,33,34)(H,30,31,32). The molecule has 4 rings (SSSR count). The number of ether oxygens (including phenoxy) is 2. The van der Waals surface area contributed by atoms with Crippen molar-refractivity contribution in [1.29, 1.82) is 0 Å². The first-order chi connectivity index (χ1) is 17.3. The Morgan fingerprint density at radius 3 is 2.61 bits per heavy atom. The molecule has 2 N–H and O–H groups in total. The molecule has 0 aliphatic heterocycles. The highest BCUT2D eigenvalue weighted by atomic mass is 19.4. The Labute approximate surface area is 206 Å². The van der Waals surface area contributed by atoms with Crippen molar-refractivity contribution in [1.82, 2.24) is 15.3 Å². The number of aromatic nitrogens is 2. The quantitative estimate of drug-likeness (QED) is 0.447. The van der Waals surface area contributed by atoms with E-state index >= 15 is 0 Å². The van der Waals surface area contributed by atoms with Gasteiger partial charge in [-0.05, 0) is 55.9 Å². The molecule has 10 heteroatoms. The molecule has 1 saturated carbocycles. The molecule has 1 heterocycles. The molecule has 0 spiro atoms. The van der Waals surface area contributed by atoms with Crippen LogP contribution in [0.15, 0.2) is 42.7 Å². The second kappa shape index (κ2) is 10.7. The normalized spacial score (nSPS) is 17.8. The molecular weight excluding hydrogens is 473 g/mol. The first-order valence-corrected chi connectivity index (χ1v) is 11.4. The Balaban J connectivity index is 1.45. The number of fused-ring (bicyclic) bond motifs is 1. The van der Waals surface area contributed by atoms with Gasteiger partial charge in [0.1, 0.15) is 12.1 Å². The van der Waals surface area contributed by atoms with E-state index in [0.717, 1.165) is 16.6 Å². The number of hydrogen-bond donors (Lipinski definition) is 2. The van der Waals surface area contributed by atoms with Crippen LogP contribution in [-0.2, 0) is 4.79 Å². The van der Waals surface area contributed by atoms with Gasteiger partial charge in [0.2, 0.25) is 0 Å². The highest BCUT2D eigenvalue weighted by Gasteiger charge is 2.40. The third-order valence-corrected chi connectivity index (χ3v) is 6.13. The van der Waals surface area contributed by atoms with Crippen LogP contribution in [-0.4, -0.2) is 41.8 Å². The Kier molecular flexibility index (Phi) is 7.48. The lowest BCUT2D eigenvalue weighted by Gasteiger charge is -2.29. The van der Waals surface area contributed by atoms with Crippen LogP contribution in [0, 0.1) is 18.3 Å². The number of nitrogens with one attached hydrogen (secondary N) is 2. The zero-order valence-electron chi connectivity index (χ0n) is 19.6. The minimum absolute atomic E-state index is 0.139. The molecule has 1 aliphatic rings. The molecule has 0 atom stereocenters. The fourth-order valence-corrected chi connectivity index (χ4v) is 4.21. The maximum absolute atomic E-state index is 12.5. The Morgan fingerprint density at radius 1 is 1.14 bits per heavy atom. The van der Waals surface area contributed by atoms with E-state index in [9.17, 15) is 18.0 Å². The van der Waals surface area contributed by atoms with Gasteiger partial charge in [-0.25, -0.2) is 9.97 Å². The van der Waals surface area contributed by atoms with Crippen LogP contribution in [0.1, 0.15) is 31.2 Å². The fraction of sp³-hybridized carbons (Fsp3) is 0.346. The van der Waals surface area contributed by atoms with E-state index < -0.39 is 18.1 Å². The van der Waals surface area contributed by atoms with Crippen LogP contribution in [0.2, 0.25) is 0 Å². The summed E-state index contributed by atoms with van der Waals surface area (Å²) in [6, 6.07) is 10.5. The zero-order valence-corrected chi connectivity index (χ0v) is 19.6. The smallest absolute Gasteiger partial charge is 0.471 e. The molecular formula is C26H25F3N4O3. The predicted molar refractivity (Wildman–Crippen MR) is 129 cm³/mol. The number of alkyl halides is 3. The maximum atomic E-state index is 12.5. The van der Waals surface area contributed by atoms with Crippen molar-refractivity contribution in [2.24, 2.45) is 5.92 Å². The molecule has 0 unspecified atom stereocenters. The van der Waals surface area contributed by atoms with Crippen molar-refractivity contribution in [3.8, 4) is 23.8 Å². The summed E-state index contributed by atoms with van der Waals surface area (Å²) in [6.07, 6.45) is 4.28. The van der Waals surface area contributed by atoms with Crippen LogP contribution >= 0.6 is 0 Å². The largest absolute Gasteiger partial charge is 0.493 e. The van der Waals surface area contributed by atoms with Gasteiger partial charge >= 0.3 is 12.1 Å². The summed E-state index contributed by atoms with van der Waals surface area (Å²) in [5.41, 5.74) is 2.17. The van der Waals surface area contributed by atoms with Gasteiger partial charge in [-0.1, -0.05) is 12.0 Å². The number of benzene rings is 2. The van der Waals surface area contributed by atoms with Gasteiger partial charge in [-0.15, -0.1) is 6.42 Å². The molecule has 188 valence electrons. The number of anilines is 2. The monoisotopic (exact) mass is 498 g/mol. The second-order valence-electron chi connectivity index (χ2n) is 8.59. The fourth-order valence-electron chi connectivity index (χ4n) is 4.21. The predicted octanol–water partition coefficient (Wildman–Crippen LogP) is 4.98. The lowest BCUT2D eigenvalue weighted by atomic mass is 9.86. The molecule has 0 bridgehead atoms. The van der Waals surface area contributed by atoms with Crippen LogP contribution in [0.25, 0.3) is 10.9 Å². The molecule has 1 aliphatic carbocycles. The van der Waals surface area contributed by atoms with E-state index in [-0.39, 0.29) is 5.92 Å². The number of methoxy groups -OCH3 is 1. The second-order valence-corrected chi connectivity index (χ2v) is 8.59. The van der Waals surface area contributed by atoms with Crippen molar-refractivity contribution < 1.29 is 27.4 Å². The summed E-state index contributed by atoms with van der Waals surface area (Å²) < 4.78 is 49.1. The number of nitrogens with zero attached hydrogens (tertiary/aromatic N) is 2. The summed E-state index contributed by atoms with van der Waals surface area (Å²) in [4.78, 5) is 19.9. The van der Waals surface area contributed by atoms with Crippen LogP contribution in [0.3, 0.4) is 0 Å². The van der Waals surface area contributed by atoms with Crippen molar-refractivity contribution >= 4 is 28.3 Å². The molecule has 36 heavy (non-hydrogen) atoms. The van der Waals surface area contributed by atoms with Crippen LogP contribution in [0.4, 0.5) is 24.7 Å². The summed E-state index contributed by atoms with van der Waals surface area (Å²) >= 11 is 0. The molecule has 3 aromatic rings. The number of carbonyl (C=O) groups is 1. The van der Waals surface area contributed by atoms with E-state index in [1.807, 2.05) is 24.3 Å². The molecule has 1 amide bonds. The minimum Gasteiger partial charge on any atom is -0.493 e. The van der Waals surface area contributed by atoms with Gasteiger partial charge in [0.15, 0.2) is 11.5 Å². The van der Waals surface area contributed by atoms with Gasteiger partial charge in [0.25, 0.3) is 0 Å². The average molecular weight is 499 g/mol. The first-order valence-electron chi connectivity index (χ1n) is 11.4. The summed E-state index contributed by atoms with van der Waals surface area (Å²) in [7, 11) is 1.54. The van der Waals surface area contributed by atoms with E-state index in [4.69, 9.17) is 15.9 Å². The summed E-state index contributed by atoms with van der Waals surface area (Å²) in [5, 5.41) is 6.05. The van der Waals surface area contributed by atoms with E-state index in [0.29, 0.717) is 55.1 Å². The van der Waals surface area contributed by atoms with Gasteiger partial charge in [0.05, 0.1) is 19.2 Å². The number of amides is 1. The molecule has 0 saturated heterocycles. The lowest BCUT2D eigenvalue weighted by Crippen LogP contribution is -2.44. The van der Waals surface area contributed by atoms with E-state index in [1.54, 1.807) is 12.1 Å². The van der Waals surface area contributed by atoms with Crippen molar-refractivity contribution in [3.05, 3.63) is 48.3 Å². The Morgan fingerprint density at radius 2 is 1.92 bits per heavy atom. The Bertz CT molecular complexity index is 1280. The molecule has 0 radical (unpaired) electrons. The third-order valence-electron chi connectivity index (χ3n) is 6.13. The topological polar surface area (TPSA) is 85.4 Å². The van der Waals surface area contributed by atoms with Crippen molar-refractivity contribution in [2.45, 2.75) is 37.9 Å². The molecule has 1 aromatic heterocycles. The number of halogens is 3. The van der Waals surface area contributed by atoms with Crippen LogP contribution < -0.4 is 20.1 Å². The van der Waals surface area contributed by atoms with Gasteiger partial charge in [-0.2, -0.15) is 13.2 Å².